The first-order chi connectivity index (χ1) is 14.2. The van der Waals surface area contributed by atoms with Crippen LogP contribution < -0.4 is 14.5 Å². The van der Waals surface area contributed by atoms with Gasteiger partial charge in [-0.05, 0) is 44.4 Å². The van der Waals surface area contributed by atoms with Crippen molar-refractivity contribution in [2.75, 3.05) is 49.1 Å². The Hall–Kier alpha value is -2.97. The number of hydrogen-bond acceptors (Lipinski definition) is 8. The van der Waals surface area contributed by atoms with Crippen molar-refractivity contribution in [3.8, 4) is 6.01 Å². The molecule has 0 bridgehead atoms. The number of hydrogen-bond donors (Lipinski definition) is 0. The summed E-state index contributed by atoms with van der Waals surface area (Å²) in [7, 11) is 0. The fourth-order valence-electron chi connectivity index (χ4n) is 3.84. The Kier molecular flexibility index (Phi) is 6.02. The summed E-state index contributed by atoms with van der Waals surface area (Å²) < 4.78 is 5.36. The van der Waals surface area contributed by atoms with E-state index in [9.17, 15) is 4.79 Å². The minimum Gasteiger partial charge on any atom is -0.453 e. The molecule has 1 unspecified atom stereocenters. The minimum absolute atomic E-state index is 0.0491. The second kappa shape index (κ2) is 9.02. The van der Waals surface area contributed by atoms with Crippen LogP contribution in [0.5, 0.6) is 6.01 Å². The molecule has 2 aromatic rings. The van der Waals surface area contributed by atoms with Crippen molar-refractivity contribution in [1.82, 2.24) is 25.1 Å². The fourth-order valence-corrected chi connectivity index (χ4v) is 3.84. The molecule has 154 valence electrons. The summed E-state index contributed by atoms with van der Waals surface area (Å²) in [5.74, 6) is 1.76. The van der Waals surface area contributed by atoms with Crippen LogP contribution in [0.25, 0.3) is 0 Å². The van der Waals surface area contributed by atoms with Crippen molar-refractivity contribution in [2.45, 2.75) is 32.2 Å². The van der Waals surface area contributed by atoms with E-state index >= 15 is 0 Å². The summed E-state index contributed by atoms with van der Waals surface area (Å²) in [6, 6.07) is 6.54. The molecule has 9 nitrogen and oxygen atoms in total. The molecule has 2 aliphatic heterocycles. The first kappa shape index (κ1) is 19.4. The van der Waals surface area contributed by atoms with Crippen LogP contribution >= 0.6 is 0 Å². The predicted octanol–water partition coefficient (Wildman–Crippen LogP) is 1.37. The second-order valence-corrected chi connectivity index (χ2v) is 7.48. The fraction of sp³-hybridized carbons (Fsp3) is 0.550. The normalized spacial score (nSPS) is 19.9. The van der Waals surface area contributed by atoms with Gasteiger partial charge in [-0.25, -0.2) is 9.97 Å². The molecule has 4 rings (SSSR count). The number of anilines is 2. The molecule has 2 aromatic heterocycles. The molecule has 0 N–H and O–H groups in total. The Balaban J connectivity index is 1.27. The van der Waals surface area contributed by atoms with Crippen LogP contribution in [0.3, 0.4) is 0 Å². The lowest BCUT2D eigenvalue weighted by Gasteiger charge is -2.36. The van der Waals surface area contributed by atoms with Crippen LogP contribution in [0.4, 0.5) is 11.6 Å². The number of piperazine rings is 1. The Labute approximate surface area is 170 Å². The van der Waals surface area contributed by atoms with Gasteiger partial charge in [0.2, 0.25) is 0 Å². The number of ether oxygens (including phenoxy) is 1. The molecule has 4 heterocycles. The third kappa shape index (κ3) is 4.72. The third-order valence-corrected chi connectivity index (χ3v) is 5.56. The predicted molar refractivity (Wildman–Crippen MR) is 109 cm³/mol. The molecule has 9 heteroatoms. The molecule has 29 heavy (non-hydrogen) atoms. The van der Waals surface area contributed by atoms with E-state index in [-0.39, 0.29) is 18.5 Å². The lowest BCUT2D eigenvalue weighted by Crippen LogP contribution is -2.50. The summed E-state index contributed by atoms with van der Waals surface area (Å²) in [5, 5.41) is 8.91. The monoisotopic (exact) mass is 397 g/mol. The highest BCUT2D eigenvalue weighted by atomic mass is 16.5. The highest BCUT2D eigenvalue weighted by molar-refractivity contribution is 5.78. The summed E-state index contributed by atoms with van der Waals surface area (Å²) >= 11 is 0. The molecule has 2 fully saturated rings. The van der Waals surface area contributed by atoms with Crippen LogP contribution in [0.15, 0.2) is 30.6 Å². The number of aromatic nitrogens is 4. The van der Waals surface area contributed by atoms with Gasteiger partial charge in [0.25, 0.3) is 5.91 Å². The van der Waals surface area contributed by atoms with E-state index in [2.05, 4.69) is 43.0 Å². The SMILES string of the molecule is CC1CCCCN1c1ccc(N2CCN(C(=O)COc3ncccn3)CC2)nn1. The van der Waals surface area contributed by atoms with Crippen molar-refractivity contribution in [3.05, 3.63) is 30.6 Å². The van der Waals surface area contributed by atoms with E-state index in [1.54, 1.807) is 23.4 Å². The Bertz CT molecular complexity index is 794. The van der Waals surface area contributed by atoms with E-state index in [0.29, 0.717) is 19.1 Å². The Morgan fingerprint density at radius 3 is 2.45 bits per heavy atom. The van der Waals surface area contributed by atoms with Crippen LogP contribution in [-0.4, -0.2) is 76.3 Å². The molecular weight excluding hydrogens is 370 g/mol. The van der Waals surface area contributed by atoms with Crippen LogP contribution in [0, 0.1) is 0 Å². The molecular formula is C20H27N7O2. The average molecular weight is 397 g/mol. The molecule has 1 amide bonds. The summed E-state index contributed by atoms with van der Waals surface area (Å²) in [6.45, 7) is 5.95. The van der Waals surface area contributed by atoms with E-state index < -0.39 is 0 Å². The van der Waals surface area contributed by atoms with E-state index in [0.717, 1.165) is 31.3 Å². The minimum atomic E-state index is -0.0578. The zero-order valence-corrected chi connectivity index (χ0v) is 16.8. The van der Waals surface area contributed by atoms with Crippen molar-refractivity contribution in [1.29, 1.82) is 0 Å². The standard InChI is InChI=1S/C20H27N7O2/c1-16-5-2-3-10-27(16)18-7-6-17(23-24-18)25-11-13-26(14-12-25)19(28)15-29-20-21-8-4-9-22-20/h4,6-9,16H,2-3,5,10-15H2,1H3. The largest absolute Gasteiger partial charge is 0.453 e. The number of amides is 1. The maximum atomic E-state index is 12.4. The second-order valence-electron chi connectivity index (χ2n) is 7.48. The molecule has 0 saturated carbocycles. The van der Waals surface area contributed by atoms with E-state index in [1.807, 2.05) is 6.07 Å². The average Bonchev–Trinajstić information content (AvgIpc) is 2.79. The summed E-state index contributed by atoms with van der Waals surface area (Å²) in [4.78, 5) is 26.6. The molecule has 0 aliphatic carbocycles. The van der Waals surface area contributed by atoms with Crippen LogP contribution in [0.1, 0.15) is 26.2 Å². The van der Waals surface area contributed by atoms with Gasteiger partial charge in [0.05, 0.1) is 0 Å². The highest BCUT2D eigenvalue weighted by Crippen LogP contribution is 2.23. The zero-order chi connectivity index (χ0) is 20.1. The van der Waals surface area contributed by atoms with Gasteiger partial charge in [-0.3, -0.25) is 4.79 Å². The molecule has 2 aliphatic rings. The maximum Gasteiger partial charge on any atom is 0.316 e. The number of carbonyl (C=O) groups is 1. The lowest BCUT2D eigenvalue weighted by molar-refractivity contribution is -0.133. The van der Waals surface area contributed by atoms with Gasteiger partial charge < -0.3 is 19.4 Å². The van der Waals surface area contributed by atoms with Gasteiger partial charge in [0.15, 0.2) is 18.2 Å². The maximum absolute atomic E-state index is 12.4. The molecule has 0 radical (unpaired) electrons. The molecule has 0 spiro atoms. The van der Waals surface area contributed by atoms with Crippen LogP contribution in [0.2, 0.25) is 0 Å². The Morgan fingerprint density at radius 1 is 1.03 bits per heavy atom. The van der Waals surface area contributed by atoms with Gasteiger partial charge in [-0.1, -0.05) is 0 Å². The van der Waals surface area contributed by atoms with Crippen molar-refractivity contribution in [3.63, 3.8) is 0 Å². The van der Waals surface area contributed by atoms with Crippen molar-refractivity contribution >= 4 is 17.5 Å². The number of nitrogens with zero attached hydrogens (tertiary/aromatic N) is 7. The molecule has 1 atom stereocenters. The number of piperidine rings is 1. The first-order valence-electron chi connectivity index (χ1n) is 10.2. The van der Waals surface area contributed by atoms with Gasteiger partial charge in [0, 0.05) is 51.2 Å². The molecule has 0 aromatic carbocycles. The quantitative estimate of drug-likeness (QED) is 0.748. The molecule has 2 saturated heterocycles. The smallest absolute Gasteiger partial charge is 0.316 e. The zero-order valence-electron chi connectivity index (χ0n) is 16.8. The third-order valence-electron chi connectivity index (χ3n) is 5.56. The lowest BCUT2D eigenvalue weighted by atomic mass is 10.0. The Morgan fingerprint density at radius 2 is 1.76 bits per heavy atom. The first-order valence-corrected chi connectivity index (χ1v) is 10.2. The summed E-state index contributed by atoms with van der Waals surface area (Å²) in [5.41, 5.74) is 0. The topological polar surface area (TPSA) is 87.6 Å². The van der Waals surface area contributed by atoms with Gasteiger partial charge >= 0.3 is 6.01 Å². The number of carbonyl (C=O) groups excluding carboxylic acids is 1. The number of rotatable bonds is 5. The highest BCUT2D eigenvalue weighted by Gasteiger charge is 2.24. The van der Waals surface area contributed by atoms with Gasteiger partial charge in [0.1, 0.15) is 0 Å². The van der Waals surface area contributed by atoms with Crippen molar-refractivity contribution in [2.24, 2.45) is 0 Å². The van der Waals surface area contributed by atoms with Crippen molar-refractivity contribution < 1.29 is 9.53 Å². The summed E-state index contributed by atoms with van der Waals surface area (Å²) in [6.07, 6.45) is 6.88. The van der Waals surface area contributed by atoms with Gasteiger partial charge in [-0.2, -0.15) is 0 Å². The van der Waals surface area contributed by atoms with Crippen LogP contribution in [-0.2, 0) is 4.79 Å². The van der Waals surface area contributed by atoms with Gasteiger partial charge in [-0.15, -0.1) is 10.2 Å². The van der Waals surface area contributed by atoms with E-state index in [4.69, 9.17) is 4.74 Å². The van der Waals surface area contributed by atoms with E-state index in [1.165, 1.54) is 19.3 Å².